The van der Waals surface area contributed by atoms with Gasteiger partial charge in [-0.3, -0.25) is 9.59 Å². The first kappa shape index (κ1) is 45.5. The minimum absolute atomic E-state index is 0.143. The lowest BCUT2D eigenvalue weighted by molar-refractivity contribution is -0.271. The van der Waals surface area contributed by atoms with Crippen molar-refractivity contribution in [2.75, 3.05) is 13.2 Å². The van der Waals surface area contributed by atoms with Gasteiger partial charge in [-0.1, -0.05) is 174 Å². The Morgan fingerprint density at radius 1 is 0.673 bits per heavy atom. The second-order valence-electron chi connectivity index (χ2n) is 14.4. The molecule has 1 saturated heterocycles. The standard InChI is InChI=1S/C41H77NO7/c1-4-7-9-11-13-15-17-19-21-23-25-27-29-31-36(44)42-38-40(39(46)35(34-43)48-41(38)47-33-6-3)49-37(45)32-30-28-26-24-22-20-18-16-14-12-10-8-5-2/h6,35,38-41,43,46H,3-5,7-34H2,1-2H3,(H,42,44)/t35-,38-,39-,40-,41-/m1/s1. The van der Waals surface area contributed by atoms with E-state index in [9.17, 15) is 19.8 Å². The van der Waals surface area contributed by atoms with Crippen LogP contribution in [-0.2, 0) is 23.8 Å². The van der Waals surface area contributed by atoms with Crippen molar-refractivity contribution in [3.63, 3.8) is 0 Å². The number of carbonyl (C=O) groups excluding carboxylic acids is 2. The fourth-order valence-electron chi connectivity index (χ4n) is 6.73. The number of aliphatic hydroxyl groups is 2. The second-order valence-corrected chi connectivity index (χ2v) is 14.4. The third-order valence-corrected chi connectivity index (χ3v) is 9.82. The maximum atomic E-state index is 13.0. The van der Waals surface area contributed by atoms with Crippen LogP contribution in [0.1, 0.15) is 194 Å². The molecule has 0 aromatic carbocycles. The van der Waals surface area contributed by atoms with Crippen LogP contribution in [0.2, 0.25) is 0 Å². The molecule has 0 spiro atoms. The average Bonchev–Trinajstić information content (AvgIpc) is 3.10. The number of unbranched alkanes of at least 4 members (excludes halogenated alkanes) is 24. The Kier molecular flexibility index (Phi) is 30.1. The van der Waals surface area contributed by atoms with Crippen molar-refractivity contribution >= 4 is 11.9 Å². The molecule has 1 rings (SSSR count). The predicted molar refractivity (Wildman–Crippen MR) is 200 cm³/mol. The molecule has 1 fully saturated rings. The summed E-state index contributed by atoms with van der Waals surface area (Å²) >= 11 is 0. The van der Waals surface area contributed by atoms with Crippen molar-refractivity contribution < 1.29 is 34.0 Å². The van der Waals surface area contributed by atoms with E-state index >= 15 is 0 Å². The average molecular weight is 696 g/mol. The van der Waals surface area contributed by atoms with E-state index in [1.807, 2.05) is 0 Å². The summed E-state index contributed by atoms with van der Waals surface area (Å²) in [6, 6.07) is -0.900. The fraction of sp³-hybridized carbons (Fsp3) is 0.902. The Balaban J connectivity index is 2.41. The first-order valence-corrected chi connectivity index (χ1v) is 20.6. The van der Waals surface area contributed by atoms with Gasteiger partial charge in [-0.25, -0.2) is 0 Å². The smallest absolute Gasteiger partial charge is 0.306 e. The lowest BCUT2D eigenvalue weighted by Crippen LogP contribution is -2.65. The molecule has 0 radical (unpaired) electrons. The number of amides is 1. The fourth-order valence-corrected chi connectivity index (χ4v) is 6.73. The van der Waals surface area contributed by atoms with Crippen molar-refractivity contribution in [3.05, 3.63) is 12.7 Å². The highest BCUT2D eigenvalue weighted by Crippen LogP contribution is 2.26. The molecule has 8 heteroatoms. The molecule has 0 aliphatic carbocycles. The van der Waals surface area contributed by atoms with Crippen LogP contribution in [0.15, 0.2) is 12.7 Å². The molecule has 49 heavy (non-hydrogen) atoms. The minimum atomic E-state index is -1.30. The molecule has 0 aromatic rings. The maximum absolute atomic E-state index is 13.0. The quantitative estimate of drug-likeness (QED) is 0.0349. The highest BCUT2D eigenvalue weighted by Gasteiger charge is 2.48. The number of carbonyl (C=O) groups is 2. The van der Waals surface area contributed by atoms with Crippen molar-refractivity contribution in [1.82, 2.24) is 5.32 Å². The van der Waals surface area contributed by atoms with Crippen molar-refractivity contribution in [3.8, 4) is 0 Å². The Morgan fingerprint density at radius 2 is 1.08 bits per heavy atom. The molecule has 0 aromatic heterocycles. The van der Waals surface area contributed by atoms with E-state index in [2.05, 4.69) is 25.7 Å². The summed E-state index contributed by atoms with van der Waals surface area (Å²) in [7, 11) is 0. The monoisotopic (exact) mass is 696 g/mol. The first-order chi connectivity index (χ1) is 24.0. The van der Waals surface area contributed by atoms with Crippen LogP contribution in [0.5, 0.6) is 0 Å². The molecule has 3 N–H and O–H groups in total. The van der Waals surface area contributed by atoms with Crippen LogP contribution >= 0.6 is 0 Å². The Bertz CT molecular complexity index is 794. The van der Waals surface area contributed by atoms with Gasteiger partial charge >= 0.3 is 5.97 Å². The number of hydrogen-bond donors (Lipinski definition) is 3. The SMILES string of the molecule is C=CCO[C@@H]1O[C@H](CO)[C@@H](O)[C@H](OC(=O)CCCCCCCCCCCCCCC)[C@H]1NC(=O)CCCCCCCCCCCCCCC. The lowest BCUT2D eigenvalue weighted by atomic mass is 9.96. The summed E-state index contributed by atoms with van der Waals surface area (Å²) in [5.41, 5.74) is 0. The van der Waals surface area contributed by atoms with Gasteiger partial charge in [-0.2, -0.15) is 0 Å². The zero-order valence-electron chi connectivity index (χ0n) is 31.8. The molecule has 288 valence electrons. The summed E-state index contributed by atoms with van der Waals surface area (Å²) in [4.78, 5) is 25.9. The summed E-state index contributed by atoms with van der Waals surface area (Å²) in [6.07, 6.45) is 29.6. The molecule has 0 saturated carbocycles. The van der Waals surface area contributed by atoms with Crippen LogP contribution < -0.4 is 5.32 Å². The highest BCUT2D eigenvalue weighted by molar-refractivity contribution is 5.76. The van der Waals surface area contributed by atoms with E-state index in [1.165, 1.54) is 128 Å². The van der Waals surface area contributed by atoms with Gasteiger partial charge in [-0.15, -0.1) is 6.58 Å². The maximum Gasteiger partial charge on any atom is 0.306 e. The number of aliphatic hydroxyl groups excluding tert-OH is 2. The molecule has 5 atom stereocenters. The third-order valence-electron chi connectivity index (χ3n) is 9.82. The zero-order valence-corrected chi connectivity index (χ0v) is 31.8. The van der Waals surface area contributed by atoms with Gasteiger partial charge in [-0.05, 0) is 12.8 Å². The van der Waals surface area contributed by atoms with Gasteiger partial charge in [0, 0.05) is 12.8 Å². The molecular weight excluding hydrogens is 618 g/mol. The van der Waals surface area contributed by atoms with Gasteiger partial charge in [0.1, 0.15) is 18.2 Å². The molecule has 1 aliphatic rings. The van der Waals surface area contributed by atoms with E-state index in [0.717, 1.165) is 32.1 Å². The van der Waals surface area contributed by atoms with Crippen LogP contribution in [-0.4, -0.2) is 65.9 Å². The summed E-state index contributed by atoms with van der Waals surface area (Å²) in [5, 5.41) is 23.8. The van der Waals surface area contributed by atoms with Gasteiger partial charge in [0.25, 0.3) is 0 Å². The highest BCUT2D eigenvalue weighted by atomic mass is 16.7. The minimum Gasteiger partial charge on any atom is -0.457 e. The number of hydrogen-bond acceptors (Lipinski definition) is 7. The van der Waals surface area contributed by atoms with E-state index in [1.54, 1.807) is 6.08 Å². The molecule has 1 aliphatic heterocycles. The molecule has 0 bridgehead atoms. The number of esters is 1. The van der Waals surface area contributed by atoms with Crippen LogP contribution in [0.4, 0.5) is 0 Å². The second kappa shape index (κ2) is 32.4. The number of nitrogens with one attached hydrogen (secondary N) is 1. The van der Waals surface area contributed by atoms with Gasteiger partial charge in [0.15, 0.2) is 12.4 Å². The van der Waals surface area contributed by atoms with Crippen molar-refractivity contribution in [1.29, 1.82) is 0 Å². The van der Waals surface area contributed by atoms with E-state index in [4.69, 9.17) is 14.2 Å². The summed E-state index contributed by atoms with van der Waals surface area (Å²) in [5.74, 6) is -0.625. The first-order valence-electron chi connectivity index (χ1n) is 20.6. The van der Waals surface area contributed by atoms with E-state index in [-0.39, 0.29) is 18.9 Å². The Hall–Kier alpha value is -1.48. The van der Waals surface area contributed by atoms with Gasteiger partial charge in [0.2, 0.25) is 5.91 Å². The third kappa shape index (κ3) is 23.6. The zero-order chi connectivity index (χ0) is 35.8. The summed E-state index contributed by atoms with van der Waals surface area (Å²) < 4.78 is 17.4. The Morgan fingerprint density at radius 3 is 1.49 bits per heavy atom. The molecular formula is C41H77NO7. The normalized spacial score (nSPS) is 20.7. The summed E-state index contributed by atoms with van der Waals surface area (Å²) in [6.45, 7) is 7.86. The molecule has 8 nitrogen and oxygen atoms in total. The van der Waals surface area contributed by atoms with Gasteiger partial charge < -0.3 is 29.7 Å². The van der Waals surface area contributed by atoms with Crippen molar-refractivity contribution in [2.45, 2.75) is 224 Å². The van der Waals surface area contributed by atoms with Crippen LogP contribution in [0.3, 0.4) is 0 Å². The number of ether oxygens (including phenoxy) is 3. The number of rotatable bonds is 34. The largest absolute Gasteiger partial charge is 0.457 e. The van der Waals surface area contributed by atoms with Crippen LogP contribution in [0, 0.1) is 0 Å². The van der Waals surface area contributed by atoms with E-state index in [0.29, 0.717) is 12.8 Å². The Labute approximate surface area is 300 Å². The molecule has 1 amide bonds. The van der Waals surface area contributed by atoms with Crippen molar-refractivity contribution in [2.24, 2.45) is 0 Å². The molecule has 1 heterocycles. The predicted octanol–water partition coefficient (Wildman–Crippen LogP) is 9.63. The van der Waals surface area contributed by atoms with Crippen LogP contribution in [0.25, 0.3) is 0 Å². The lowest BCUT2D eigenvalue weighted by Gasteiger charge is -2.43. The molecule has 0 unspecified atom stereocenters. The topological polar surface area (TPSA) is 114 Å². The van der Waals surface area contributed by atoms with Gasteiger partial charge in [0.05, 0.1) is 13.2 Å². The van der Waals surface area contributed by atoms with E-state index < -0.39 is 43.2 Å².